The van der Waals surface area contributed by atoms with Gasteiger partial charge in [0, 0.05) is 24.0 Å². The lowest BCUT2D eigenvalue weighted by molar-refractivity contribution is -0.170. The van der Waals surface area contributed by atoms with Crippen molar-refractivity contribution in [3.63, 3.8) is 0 Å². The first-order valence-electron chi connectivity index (χ1n) is 10.6. The largest absolute Gasteiger partial charge is 0.389 e. The highest BCUT2D eigenvalue weighted by molar-refractivity contribution is 5.92. The molecule has 1 aliphatic heterocycles. The second-order valence-electron chi connectivity index (χ2n) is 8.99. The van der Waals surface area contributed by atoms with E-state index in [0.29, 0.717) is 35.5 Å². The van der Waals surface area contributed by atoms with Gasteiger partial charge in [-0.3, -0.25) is 4.98 Å². The van der Waals surface area contributed by atoms with Crippen molar-refractivity contribution in [1.82, 2.24) is 15.2 Å². The van der Waals surface area contributed by atoms with E-state index in [9.17, 15) is 19.0 Å². The molecule has 0 aliphatic carbocycles. The van der Waals surface area contributed by atoms with E-state index in [1.165, 1.54) is 12.1 Å². The van der Waals surface area contributed by atoms with Gasteiger partial charge in [0.1, 0.15) is 11.4 Å². The molecule has 1 atom stereocenters. The summed E-state index contributed by atoms with van der Waals surface area (Å²) in [7, 11) is 0. The number of halogens is 3. The average Bonchev–Trinajstić information content (AvgIpc) is 2.72. The van der Waals surface area contributed by atoms with Gasteiger partial charge in [0.25, 0.3) is 0 Å². The number of nitrogens with one attached hydrogen (secondary N) is 1. The molecular formula is C23H26F3N5O2. The Kier molecular flexibility index (Phi) is 5.69. The van der Waals surface area contributed by atoms with Gasteiger partial charge in [-0.1, -0.05) is 12.1 Å². The van der Waals surface area contributed by atoms with Gasteiger partial charge in [-0.25, -0.2) is 4.39 Å². The molecule has 7 nitrogen and oxygen atoms in total. The van der Waals surface area contributed by atoms with E-state index in [4.69, 9.17) is 0 Å². The van der Waals surface area contributed by atoms with Crippen LogP contribution >= 0.6 is 0 Å². The SMILES string of the molecule is Cc1nnc(N[C@H](C)c2cccc(C(F)(F)C(C)(C)O)c2F)c2cc(N3CC(O)C3)cnc12. The van der Waals surface area contributed by atoms with Crippen LogP contribution in [0.15, 0.2) is 30.5 Å². The molecule has 3 aromatic rings. The summed E-state index contributed by atoms with van der Waals surface area (Å²) in [6.07, 6.45) is 1.31. The first-order valence-corrected chi connectivity index (χ1v) is 10.6. The molecule has 2 aromatic heterocycles. The van der Waals surface area contributed by atoms with Crippen LogP contribution in [0.4, 0.5) is 24.7 Å². The predicted octanol–water partition coefficient (Wildman–Crippen LogP) is 3.69. The number of aliphatic hydroxyl groups excluding tert-OH is 1. The van der Waals surface area contributed by atoms with E-state index in [-0.39, 0.29) is 11.7 Å². The third kappa shape index (κ3) is 4.08. The smallest absolute Gasteiger partial charge is 0.303 e. The number of anilines is 2. The molecular weight excluding hydrogens is 435 g/mol. The van der Waals surface area contributed by atoms with Gasteiger partial charge < -0.3 is 20.4 Å². The Bertz CT molecular complexity index is 1190. The highest BCUT2D eigenvalue weighted by Gasteiger charge is 2.49. The summed E-state index contributed by atoms with van der Waals surface area (Å²) < 4.78 is 44.5. The van der Waals surface area contributed by atoms with Crippen molar-refractivity contribution in [3.8, 4) is 0 Å². The Labute approximate surface area is 189 Å². The maximum atomic E-state index is 15.2. The fourth-order valence-electron chi connectivity index (χ4n) is 3.83. The van der Waals surface area contributed by atoms with Crippen LogP contribution in [-0.2, 0) is 5.92 Å². The first-order chi connectivity index (χ1) is 15.4. The highest BCUT2D eigenvalue weighted by atomic mass is 19.3. The van der Waals surface area contributed by atoms with Gasteiger partial charge in [0.2, 0.25) is 0 Å². The molecule has 0 unspecified atom stereocenters. The number of aliphatic hydroxyl groups is 2. The van der Waals surface area contributed by atoms with E-state index >= 15 is 4.39 Å². The van der Waals surface area contributed by atoms with Gasteiger partial charge in [0.05, 0.1) is 40.8 Å². The maximum absolute atomic E-state index is 15.2. The van der Waals surface area contributed by atoms with Crippen LogP contribution in [0, 0.1) is 12.7 Å². The topological polar surface area (TPSA) is 94.4 Å². The predicted molar refractivity (Wildman–Crippen MR) is 119 cm³/mol. The summed E-state index contributed by atoms with van der Waals surface area (Å²) >= 11 is 0. The van der Waals surface area contributed by atoms with Gasteiger partial charge in [-0.2, -0.15) is 13.9 Å². The van der Waals surface area contributed by atoms with Gasteiger partial charge >= 0.3 is 5.92 Å². The molecule has 176 valence electrons. The van der Waals surface area contributed by atoms with Gasteiger partial charge in [0.15, 0.2) is 5.82 Å². The lowest BCUT2D eigenvalue weighted by Gasteiger charge is -2.37. The maximum Gasteiger partial charge on any atom is 0.303 e. The number of pyridine rings is 1. The molecule has 33 heavy (non-hydrogen) atoms. The van der Waals surface area contributed by atoms with E-state index in [2.05, 4.69) is 20.5 Å². The van der Waals surface area contributed by atoms with Crippen molar-refractivity contribution in [2.75, 3.05) is 23.3 Å². The van der Waals surface area contributed by atoms with Crippen molar-refractivity contribution in [3.05, 3.63) is 53.1 Å². The molecule has 0 radical (unpaired) electrons. The highest BCUT2D eigenvalue weighted by Crippen LogP contribution is 2.41. The van der Waals surface area contributed by atoms with Crippen LogP contribution in [0.3, 0.4) is 0 Å². The molecule has 0 amide bonds. The monoisotopic (exact) mass is 461 g/mol. The van der Waals surface area contributed by atoms with Crippen LogP contribution in [-0.4, -0.2) is 50.2 Å². The lowest BCUT2D eigenvalue weighted by Crippen LogP contribution is -2.50. The van der Waals surface area contributed by atoms with Crippen LogP contribution in [0.25, 0.3) is 10.9 Å². The Hall–Kier alpha value is -2.98. The van der Waals surface area contributed by atoms with E-state index in [0.717, 1.165) is 25.6 Å². The molecule has 0 bridgehead atoms. The Morgan fingerprint density at radius 1 is 1.21 bits per heavy atom. The quantitative estimate of drug-likeness (QED) is 0.515. The molecule has 1 aromatic carbocycles. The van der Waals surface area contributed by atoms with Gasteiger partial charge in [-0.15, -0.1) is 5.10 Å². The Morgan fingerprint density at radius 3 is 2.55 bits per heavy atom. The second kappa shape index (κ2) is 8.11. The molecule has 0 spiro atoms. The fraction of sp³-hybridized carbons (Fsp3) is 0.435. The zero-order chi connectivity index (χ0) is 24.1. The number of hydrogen-bond donors (Lipinski definition) is 3. The lowest BCUT2D eigenvalue weighted by atomic mass is 9.91. The second-order valence-corrected chi connectivity index (χ2v) is 8.99. The summed E-state index contributed by atoms with van der Waals surface area (Å²) in [5.74, 6) is -4.55. The third-order valence-electron chi connectivity index (χ3n) is 5.95. The zero-order valence-corrected chi connectivity index (χ0v) is 18.8. The first kappa shape index (κ1) is 23.2. The van der Waals surface area contributed by atoms with Crippen molar-refractivity contribution in [1.29, 1.82) is 0 Å². The summed E-state index contributed by atoms with van der Waals surface area (Å²) in [5.41, 5.74) is -1.30. The van der Waals surface area contributed by atoms with E-state index in [1.54, 1.807) is 20.0 Å². The molecule has 0 saturated carbocycles. The van der Waals surface area contributed by atoms with Crippen molar-refractivity contribution in [2.45, 2.75) is 51.4 Å². The number of β-amino-alcohol motifs (C(OH)–C–C–N with tert-alkyl or cyclic N) is 1. The van der Waals surface area contributed by atoms with Crippen molar-refractivity contribution in [2.24, 2.45) is 0 Å². The number of aromatic nitrogens is 3. The minimum absolute atomic E-state index is 0.00179. The van der Waals surface area contributed by atoms with Crippen molar-refractivity contribution < 1.29 is 23.4 Å². The fourth-order valence-corrected chi connectivity index (χ4v) is 3.83. The molecule has 1 fully saturated rings. The number of alkyl halides is 2. The van der Waals surface area contributed by atoms with Crippen molar-refractivity contribution >= 4 is 22.4 Å². The van der Waals surface area contributed by atoms with Crippen LogP contribution in [0.5, 0.6) is 0 Å². The van der Waals surface area contributed by atoms with Crippen LogP contribution in [0.2, 0.25) is 0 Å². The number of benzene rings is 1. The summed E-state index contributed by atoms with van der Waals surface area (Å²) in [6, 6.07) is 4.84. The number of fused-ring (bicyclic) bond motifs is 1. The Balaban J connectivity index is 1.70. The summed E-state index contributed by atoms with van der Waals surface area (Å²) in [4.78, 5) is 6.43. The minimum atomic E-state index is -3.79. The van der Waals surface area contributed by atoms with E-state index in [1.807, 2.05) is 11.0 Å². The molecule has 1 saturated heterocycles. The standard InChI is InChI=1S/C23H26F3N5O2/c1-12(16-6-5-7-18(19(16)24)23(25,26)22(3,4)33)28-21-17-8-14(31-10-15(32)11-31)9-27-20(17)13(2)29-30-21/h5-9,12,15,32-33H,10-11H2,1-4H3,(H,28,30)/t12-/m1/s1. The number of rotatable bonds is 6. The zero-order valence-electron chi connectivity index (χ0n) is 18.8. The normalized spacial score (nSPS) is 16.1. The summed E-state index contributed by atoms with van der Waals surface area (Å²) in [6.45, 7) is 6.27. The number of hydrogen-bond acceptors (Lipinski definition) is 7. The molecule has 3 heterocycles. The third-order valence-corrected chi connectivity index (χ3v) is 5.95. The number of aryl methyl sites for hydroxylation is 1. The Morgan fingerprint density at radius 2 is 1.91 bits per heavy atom. The van der Waals surface area contributed by atoms with E-state index < -0.39 is 28.9 Å². The molecule has 1 aliphatic rings. The van der Waals surface area contributed by atoms with Crippen LogP contribution < -0.4 is 10.2 Å². The summed E-state index contributed by atoms with van der Waals surface area (Å²) in [5, 5.41) is 31.5. The minimum Gasteiger partial charge on any atom is -0.389 e. The van der Waals surface area contributed by atoms with Gasteiger partial charge in [-0.05, 0) is 39.8 Å². The average molecular weight is 461 g/mol. The molecule has 4 rings (SSSR count). The molecule has 3 N–H and O–H groups in total. The molecule has 10 heteroatoms. The number of nitrogens with zero attached hydrogens (tertiary/aromatic N) is 4. The van der Waals surface area contributed by atoms with Crippen LogP contribution in [0.1, 0.15) is 43.6 Å².